The molecule has 1 saturated carbocycles. The zero-order valence-electron chi connectivity index (χ0n) is 10.2. The first-order chi connectivity index (χ1) is 7.20. The maximum Gasteiger partial charge on any atom is 0.0669 e. The third-order valence-corrected chi connectivity index (χ3v) is 5.18. The van der Waals surface area contributed by atoms with Crippen molar-refractivity contribution in [1.29, 1.82) is 0 Å². The number of rotatable bonds is 2. The summed E-state index contributed by atoms with van der Waals surface area (Å²) in [6.45, 7) is 10.3. The van der Waals surface area contributed by atoms with Gasteiger partial charge in [-0.15, -0.1) is 0 Å². The number of ether oxygens (including phenoxy) is 1. The summed E-state index contributed by atoms with van der Waals surface area (Å²) >= 11 is 0. The topological polar surface area (TPSA) is 12.2 Å². The summed E-state index contributed by atoms with van der Waals surface area (Å²) in [5, 5.41) is 0. The van der Waals surface area contributed by atoms with Gasteiger partial charge in [0, 0.05) is 12.0 Å². The molecule has 3 fully saturated rings. The standard InChI is InChI=1S/C13H23NO/c1-4-14-12-6-10(9(2)3)5-11-7-15-8-13(11,12)14/h9-12H,4-8H2,1-3H3. The van der Waals surface area contributed by atoms with E-state index in [1.54, 1.807) is 0 Å². The Hall–Kier alpha value is -0.0800. The SMILES string of the molecule is CCN1C2CC(C(C)C)CC3COCC321. The average Bonchev–Trinajstić information content (AvgIpc) is 2.63. The Morgan fingerprint density at radius 2 is 2.20 bits per heavy atom. The fourth-order valence-electron chi connectivity index (χ4n) is 4.20. The molecule has 2 saturated heterocycles. The van der Waals surface area contributed by atoms with E-state index in [0.29, 0.717) is 5.54 Å². The van der Waals surface area contributed by atoms with Crippen LogP contribution in [0.25, 0.3) is 0 Å². The molecule has 0 radical (unpaired) electrons. The van der Waals surface area contributed by atoms with Crippen LogP contribution < -0.4 is 0 Å². The Balaban J connectivity index is 1.81. The number of nitrogens with zero attached hydrogens (tertiary/aromatic N) is 1. The lowest BCUT2D eigenvalue weighted by Gasteiger charge is -2.30. The Morgan fingerprint density at radius 3 is 2.87 bits per heavy atom. The molecule has 0 N–H and O–H groups in total. The predicted octanol–water partition coefficient (Wildman–Crippen LogP) is 2.14. The van der Waals surface area contributed by atoms with Crippen LogP contribution in [-0.2, 0) is 4.74 Å². The van der Waals surface area contributed by atoms with E-state index in [1.165, 1.54) is 19.4 Å². The Bertz CT molecular complexity index is 265. The smallest absolute Gasteiger partial charge is 0.0669 e. The van der Waals surface area contributed by atoms with Crippen molar-refractivity contribution in [2.75, 3.05) is 19.8 Å². The molecule has 2 heterocycles. The molecule has 3 rings (SSSR count). The van der Waals surface area contributed by atoms with Crippen LogP contribution >= 0.6 is 0 Å². The Morgan fingerprint density at radius 1 is 1.40 bits per heavy atom. The van der Waals surface area contributed by atoms with Crippen molar-refractivity contribution in [3.63, 3.8) is 0 Å². The highest BCUT2D eigenvalue weighted by Crippen LogP contribution is 2.59. The molecule has 15 heavy (non-hydrogen) atoms. The molecule has 2 nitrogen and oxygen atoms in total. The Kier molecular flexibility index (Phi) is 2.16. The van der Waals surface area contributed by atoms with E-state index in [-0.39, 0.29) is 0 Å². The van der Waals surface area contributed by atoms with Crippen LogP contribution in [0.15, 0.2) is 0 Å². The van der Waals surface area contributed by atoms with Crippen LogP contribution in [0.4, 0.5) is 0 Å². The van der Waals surface area contributed by atoms with Crippen LogP contribution in [0.5, 0.6) is 0 Å². The normalized spacial score (nSPS) is 52.8. The van der Waals surface area contributed by atoms with Gasteiger partial charge in [-0.05, 0) is 31.2 Å². The van der Waals surface area contributed by atoms with Crippen molar-refractivity contribution in [3.05, 3.63) is 0 Å². The second kappa shape index (κ2) is 3.21. The molecule has 0 bridgehead atoms. The van der Waals surface area contributed by atoms with Crippen molar-refractivity contribution in [2.24, 2.45) is 17.8 Å². The summed E-state index contributed by atoms with van der Waals surface area (Å²) < 4.78 is 5.75. The molecule has 0 aromatic heterocycles. The lowest BCUT2D eigenvalue weighted by molar-refractivity contribution is 0.173. The summed E-state index contributed by atoms with van der Waals surface area (Å²) in [6, 6.07) is 0.858. The van der Waals surface area contributed by atoms with Crippen LogP contribution in [0.3, 0.4) is 0 Å². The molecule has 5 unspecified atom stereocenters. The van der Waals surface area contributed by atoms with Gasteiger partial charge >= 0.3 is 0 Å². The van der Waals surface area contributed by atoms with Crippen LogP contribution in [0, 0.1) is 17.8 Å². The summed E-state index contributed by atoms with van der Waals surface area (Å²) in [5.74, 6) is 2.62. The van der Waals surface area contributed by atoms with Gasteiger partial charge < -0.3 is 4.74 Å². The van der Waals surface area contributed by atoms with Gasteiger partial charge in [0.1, 0.15) is 0 Å². The lowest BCUT2D eigenvalue weighted by atomic mass is 9.72. The highest BCUT2D eigenvalue weighted by molar-refractivity contribution is 5.24. The molecule has 2 heteroatoms. The molecule has 0 aromatic rings. The molecule has 3 aliphatic rings. The Labute approximate surface area is 93.0 Å². The second-order valence-electron chi connectivity index (χ2n) is 5.98. The first-order valence-electron chi connectivity index (χ1n) is 6.54. The lowest BCUT2D eigenvalue weighted by Crippen LogP contribution is -2.35. The fourth-order valence-corrected chi connectivity index (χ4v) is 4.20. The van der Waals surface area contributed by atoms with Crippen molar-refractivity contribution in [1.82, 2.24) is 4.90 Å². The molecule has 1 aliphatic carbocycles. The molecular weight excluding hydrogens is 186 g/mol. The molecule has 0 amide bonds. The monoisotopic (exact) mass is 209 g/mol. The van der Waals surface area contributed by atoms with E-state index < -0.39 is 0 Å². The first kappa shape index (κ1) is 10.1. The number of likely N-dealkylation sites (tertiary alicyclic amines) is 1. The highest BCUT2D eigenvalue weighted by atomic mass is 16.5. The van der Waals surface area contributed by atoms with Crippen molar-refractivity contribution < 1.29 is 4.74 Å². The van der Waals surface area contributed by atoms with Gasteiger partial charge in [0.2, 0.25) is 0 Å². The third kappa shape index (κ3) is 1.18. The maximum absolute atomic E-state index is 5.75. The van der Waals surface area contributed by atoms with E-state index in [0.717, 1.165) is 37.0 Å². The van der Waals surface area contributed by atoms with Crippen LogP contribution in [-0.4, -0.2) is 36.2 Å². The van der Waals surface area contributed by atoms with Crippen molar-refractivity contribution >= 4 is 0 Å². The second-order valence-corrected chi connectivity index (χ2v) is 5.98. The highest BCUT2D eigenvalue weighted by Gasteiger charge is 2.70. The minimum Gasteiger partial charge on any atom is -0.379 e. The molecular formula is C13H23NO. The molecule has 2 aliphatic heterocycles. The number of hydrogen-bond acceptors (Lipinski definition) is 2. The number of hydrogen-bond donors (Lipinski definition) is 0. The van der Waals surface area contributed by atoms with Gasteiger partial charge in [0.15, 0.2) is 0 Å². The summed E-state index contributed by atoms with van der Waals surface area (Å²) in [6.07, 6.45) is 2.83. The predicted molar refractivity (Wildman–Crippen MR) is 60.8 cm³/mol. The molecule has 5 atom stereocenters. The van der Waals surface area contributed by atoms with Gasteiger partial charge in [-0.3, -0.25) is 4.90 Å². The zero-order chi connectivity index (χ0) is 10.6. The zero-order valence-corrected chi connectivity index (χ0v) is 10.2. The first-order valence-corrected chi connectivity index (χ1v) is 6.54. The number of likely N-dealkylation sites (N-methyl/N-ethyl adjacent to an activating group) is 1. The largest absolute Gasteiger partial charge is 0.379 e. The molecule has 86 valence electrons. The third-order valence-electron chi connectivity index (χ3n) is 5.18. The van der Waals surface area contributed by atoms with Crippen molar-refractivity contribution in [2.45, 2.75) is 45.2 Å². The maximum atomic E-state index is 5.75. The van der Waals surface area contributed by atoms with E-state index in [9.17, 15) is 0 Å². The minimum atomic E-state index is 0.500. The summed E-state index contributed by atoms with van der Waals surface area (Å²) in [5.41, 5.74) is 0.500. The molecule has 1 spiro atoms. The van der Waals surface area contributed by atoms with Gasteiger partial charge in [-0.2, -0.15) is 0 Å². The van der Waals surface area contributed by atoms with Gasteiger partial charge in [0.25, 0.3) is 0 Å². The van der Waals surface area contributed by atoms with Gasteiger partial charge in [-0.25, -0.2) is 0 Å². The van der Waals surface area contributed by atoms with E-state index in [2.05, 4.69) is 25.7 Å². The van der Waals surface area contributed by atoms with Crippen LogP contribution in [0.1, 0.15) is 33.6 Å². The van der Waals surface area contributed by atoms with E-state index >= 15 is 0 Å². The van der Waals surface area contributed by atoms with Gasteiger partial charge in [-0.1, -0.05) is 20.8 Å². The minimum absolute atomic E-state index is 0.500. The van der Waals surface area contributed by atoms with E-state index in [4.69, 9.17) is 4.74 Å². The summed E-state index contributed by atoms with van der Waals surface area (Å²) in [4.78, 5) is 2.70. The van der Waals surface area contributed by atoms with Crippen molar-refractivity contribution in [3.8, 4) is 0 Å². The fraction of sp³-hybridized carbons (Fsp3) is 1.00. The van der Waals surface area contributed by atoms with Gasteiger partial charge in [0.05, 0.1) is 18.8 Å². The average molecular weight is 209 g/mol. The van der Waals surface area contributed by atoms with E-state index in [1.807, 2.05) is 0 Å². The quantitative estimate of drug-likeness (QED) is 0.646. The molecule has 0 aromatic carbocycles. The summed E-state index contributed by atoms with van der Waals surface area (Å²) in [7, 11) is 0. The van der Waals surface area contributed by atoms with Crippen LogP contribution in [0.2, 0.25) is 0 Å².